The highest BCUT2D eigenvalue weighted by molar-refractivity contribution is 5.32. The third-order valence-electron chi connectivity index (χ3n) is 2.59. The summed E-state index contributed by atoms with van der Waals surface area (Å²) >= 11 is 0. The second-order valence-electron chi connectivity index (χ2n) is 3.68. The first-order valence-electron chi connectivity index (χ1n) is 4.74. The van der Waals surface area contributed by atoms with E-state index in [9.17, 15) is 9.50 Å². The lowest BCUT2D eigenvalue weighted by molar-refractivity contribution is 0.153. The quantitative estimate of drug-likeness (QED) is 0.803. The fourth-order valence-corrected chi connectivity index (χ4v) is 1.54. The van der Waals surface area contributed by atoms with Crippen molar-refractivity contribution in [1.82, 2.24) is 0 Å². The summed E-state index contributed by atoms with van der Waals surface area (Å²) in [6, 6.07) is 4.51. The zero-order valence-electron chi connectivity index (χ0n) is 8.03. The summed E-state index contributed by atoms with van der Waals surface area (Å²) in [5.74, 6) is 0.159. The van der Waals surface area contributed by atoms with Crippen molar-refractivity contribution in [2.45, 2.75) is 18.9 Å². The fourth-order valence-electron chi connectivity index (χ4n) is 1.54. The lowest BCUT2D eigenvalue weighted by Gasteiger charge is -2.11. The van der Waals surface area contributed by atoms with Gasteiger partial charge in [0.2, 0.25) is 0 Å². The van der Waals surface area contributed by atoms with Crippen molar-refractivity contribution in [1.29, 1.82) is 0 Å². The van der Waals surface area contributed by atoms with Gasteiger partial charge in [-0.3, -0.25) is 0 Å². The number of ether oxygens (including phenoxy) is 1. The van der Waals surface area contributed by atoms with Crippen molar-refractivity contribution >= 4 is 0 Å². The van der Waals surface area contributed by atoms with Crippen molar-refractivity contribution < 1.29 is 14.2 Å². The molecule has 1 aliphatic carbocycles. The van der Waals surface area contributed by atoms with E-state index in [0.717, 1.165) is 18.4 Å². The van der Waals surface area contributed by atoms with Gasteiger partial charge in [-0.2, -0.15) is 0 Å². The van der Waals surface area contributed by atoms with Crippen LogP contribution in [0.15, 0.2) is 18.2 Å². The van der Waals surface area contributed by atoms with Crippen molar-refractivity contribution in [2.75, 3.05) is 7.11 Å². The van der Waals surface area contributed by atoms with E-state index < -0.39 is 6.10 Å². The molecule has 0 spiro atoms. The second-order valence-corrected chi connectivity index (χ2v) is 3.68. The number of aliphatic hydroxyl groups is 1. The molecule has 1 atom stereocenters. The van der Waals surface area contributed by atoms with E-state index in [1.54, 1.807) is 12.1 Å². The molecule has 2 nitrogen and oxygen atoms in total. The topological polar surface area (TPSA) is 29.5 Å². The molecule has 0 heterocycles. The Bertz CT molecular complexity index is 334. The minimum Gasteiger partial charge on any atom is -0.494 e. The van der Waals surface area contributed by atoms with E-state index in [4.69, 9.17) is 4.74 Å². The molecular formula is C11H13FO2. The highest BCUT2D eigenvalue weighted by Gasteiger charge is 2.31. The smallest absolute Gasteiger partial charge is 0.165 e. The molecule has 0 aromatic heterocycles. The van der Waals surface area contributed by atoms with E-state index >= 15 is 0 Å². The standard InChI is InChI=1S/C11H13FO2/c1-14-10-6-8(4-5-9(10)12)11(13)7-2-3-7/h4-7,11,13H,2-3H2,1H3. The van der Waals surface area contributed by atoms with Crippen molar-refractivity contribution in [3.8, 4) is 5.75 Å². The average molecular weight is 196 g/mol. The number of methoxy groups -OCH3 is 1. The maximum absolute atomic E-state index is 13.0. The van der Waals surface area contributed by atoms with Gasteiger partial charge in [-0.1, -0.05) is 6.07 Å². The Labute approximate surface area is 82.3 Å². The number of aliphatic hydroxyl groups excluding tert-OH is 1. The van der Waals surface area contributed by atoms with Gasteiger partial charge in [0.1, 0.15) is 0 Å². The summed E-state index contributed by atoms with van der Waals surface area (Å²) in [7, 11) is 1.42. The molecule has 3 heteroatoms. The maximum atomic E-state index is 13.0. The van der Waals surface area contributed by atoms with Gasteiger partial charge < -0.3 is 9.84 Å². The van der Waals surface area contributed by atoms with Crippen LogP contribution in [0.5, 0.6) is 5.75 Å². The first kappa shape index (κ1) is 9.46. The molecule has 0 radical (unpaired) electrons. The van der Waals surface area contributed by atoms with E-state index in [1.165, 1.54) is 13.2 Å². The number of hydrogen-bond acceptors (Lipinski definition) is 2. The van der Waals surface area contributed by atoms with Gasteiger partial charge in [-0.15, -0.1) is 0 Å². The van der Waals surface area contributed by atoms with Crippen LogP contribution in [0.25, 0.3) is 0 Å². The van der Waals surface area contributed by atoms with Crippen LogP contribution < -0.4 is 4.74 Å². The van der Waals surface area contributed by atoms with Gasteiger partial charge in [0.05, 0.1) is 13.2 Å². The Morgan fingerprint density at radius 3 is 2.79 bits per heavy atom. The Hall–Kier alpha value is -1.09. The van der Waals surface area contributed by atoms with Crippen LogP contribution in [0.1, 0.15) is 24.5 Å². The monoisotopic (exact) mass is 196 g/mol. The predicted octanol–water partition coefficient (Wildman–Crippen LogP) is 2.28. The molecule has 0 amide bonds. The molecule has 1 aromatic carbocycles. The van der Waals surface area contributed by atoms with Crippen LogP contribution >= 0.6 is 0 Å². The highest BCUT2D eigenvalue weighted by Crippen LogP contribution is 2.41. The molecule has 1 saturated carbocycles. The number of halogens is 1. The molecule has 0 aliphatic heterocycles. The van der Waals surface area contributed by atoms with E-state index in [1.807, 2.05) is 0 Å². The van der Waals surface area contributed by atoms with Crippen LogP contribution in [0, 0.1) is 11.7 Å². The normalized spacial score (nSPS) is 17.9. The molecule has 0 bridgehead atoms. The number of hydrogen-bond donors (Lipinski definition) is 1. The zero-order chi connectivity index (χ0) is 10.1. The largest absolute Gasteiger partial charge is 0.494 e. The van der Waals surface area contributed by atoms with Crippen LogP contribution in [0.4, 0.5) is 4.39 Å². The second kappa shape index (κ2) is 3.58. The van der Waals surface area contributed by atoms with Crippen LogP contribution in [-0.2, 0) is 0 Å². The summed E-state index contributed by atoms with van der Waals surface area (Å²) in [5, 5.41) is 9.79. The van der Waals surface area contributed by atoms with Crippen LogP contribution in [0.2, 0.25) is 0 Å². The minimum atomic E-state index is -0.468. The van der Waals surface area contributed by atoms with Gasteiger partial charge in [-0.25, -0.2) is 4.39 Å². The van der Waals surface area contributed by atoms with Gasteiger partial charge in [0, 0.05) is 0 Å². The molecule has 14 heavy (non-hydrogen) atoms. The fraction of sp³-hybridized carbons (Fsp3) is 0.455. The SMILES string of the molecule is COc1cc(C(O)C2CC2)ccc1F. The number of rotatable bonds is 3. The first-order valence-corrected chi connectivity index (χ1v) is 4.74. The Kier molecular flexibility index (Phi) is 2.42. The molecule has 1 aliphatic rings. The van der Waals surface area contributed by atoms with Gasteiger partial charge in [0.15, 0.2) is 11.6 Å². The van der Waals surface area contributed by atoms with Crippen molar-refractivity contribution in [3.63, 3.8) is 0 Å². The molecule has 2 rings (SSSR count). The number of benzene rings is 1. The average Bonchev–Trinajstić information content (AvgIpc) is 3.01. The molecule has 1 N–H and O–H groups in total. The summed E-state index contributed by atoms with van der Waals surface area (Å²) in [6.45, 7) is 0. The van der Waals surface area contributed by atoms with Gasteiger partial charge >= 0.3 is 0 Å². The van der Waals surface area contributed by atoms with E-state index in [2.05, 4.69) is 0 Å². The molecule has 0 saturated heterocycles. The van der Waals surface area contributed by atoms with E-state index in [0.29, 0.717) is 5.92 Å². The third kappa shape index (κ3) is 1.73. The van der Waals surface area contributed by atoms with Gasteiger partial charge in [-0.05, 0) is 36.5 Å². The minimum absolute atomic E-state index is 0.196. The highest BCUT2D eigenvalue weighted by atomic mass is 19.1. The Balaban J connectivity index is 2.25. The lowest BCUT2D eigenvalue weighted by Crippen LogP contribution is -2.00. The third-order valence-corrected chi connectivity index (χ3v) is 2.59. The molecule has 76 valence electrons. The summed E-state index contributed by atoms with van der Waals surface area (Å²) in [6.07, 6.45) is 1.64. The predicted molar refractivity (Wildman–Crippen MR) is 50.6 cm³/mol. The van der Waals surface area contributed by atoms with Gasteiger partial charge in [0.25, 0.3) is 0 Å². The summed E-state index contributed by atoms with van der Waals surface area (Å²) in [4.78, 5) is 0. The molecule has 1 aromatic rings. The first-order chi connectivity index (χ1) is 6.72. The Morgan fingerprint density at radius 2 is 2.21 bits per heavy atom. The summed E-state index contributed by atoms with van der Waals surface area (Å²) in [5.41, 5.74) is 0.741. The molecule has 1 fully saturated rings. The lowest BCUT2D eigenvalue weighted by atomic mass is 10.1. The zero-order valence-corrected chi connectivity index (χ0v) is 8.03. The maximum Gasteiger partial charge on any atom is 0.165 e. The van der Waals surface area contributed by atoms with Crippen molar-refractivity contribution in [3.05, 3.63) is 29.6 Å². The van der Waals surface area contributed by atoms with Crippen molar-refractivity contribution in [2.24, 2.45) is 5.92 Å². The van der Waals surface area contributed by atoms with Crippen LogP contribution in [-0.4, -0.2) is 12.2 Å². The Morgan fingerprint density at radius 1 is 1.50 bits per heavy atom. The molecular weight excluding hydrogens is 183 g/mol. The van der Waals surface area contributed by atoms with Crippen LogP contribution in [0.3, 0.4) is 0 Å². The van der Waals surface area contributed by atoms with E-state index in [-0.39, 0.29) is 11.6 Å². The summed E-state index contributed by atoms with van der Waals surface area (Å²) < 4.78 is 17.9. The molecule has 1 unspecified atom stereocenters.